The summed E-state index contributed by atoms with van der Waals surface area (Å²) >= 11 is 0. The van der Waals surface area contributed by atoms with Crippen LogP contribution in [-0.2, 0) is 11.2 Å². The molecule has 112 valence electrons. The number of pyridine rings is 1. The molecule has 3 rings (SSSR count). The molecule has 1 amide bonds. The molecule has 2 heterocycles. The van der Waals surface area contributed by atoms with Crippen molar-refractivity contribution >= 4 is 11.9 Å². The number of carbonyl (C=O) groups is 2. The summed E-state index contributed by atoms with van der Waals surface area (Å²) in [5.74, 6) is -1.90. The molecule has 1 unspecified atom stereocenters. The van der Waals surface area contributed by atoms with E-state index in [1.165, 1.54) is 23.2 Å². The number of benzene rings is 1. The number of rotatable bonds is 4. The van der Waals surface area contributed by atoms with Crippen molar-refractivity contribution in [1.82, 2.24) is 9.88 Å². The normalized spacial score (nSPS) is 16.7. The topological polar surface area (TPSA) is 70.5 Å². The number of carboxylic acids is 1. The van der Waals surface area contributed by atoms with Crippen molar-refractivity contribution in [3.05, 3.63) is 65.2 Å². The summed E-state index contributed by atoms with van der Waals surface area (Å²) in [6.07, 6.45) is 1.63. The summed E-state index contributed by atoms with van der Waals surface area (Å²) in [5.41, 5.74) is 1.08. The molecule has 0 aliphatic carbocycles. The number of hydrogen-bond donors (Lipinski definition) is 1. The van der Waals surface area contributed by atoms with Crippen LogP contribution in [0.3, 0.4) is 0 Å². The average Bonchev–Trinajstić information content (AvgIpc) is 2.80. The Labute approximate surface area is 126 Å². The largest absolute Gasteiger partial charge is 0.479 e. The third-order valence-corrected chi connectivity index (χ3v) is 3.72. The van der Waals surface area contributed by atoms with Gasteiger partial charge in [0, 0.05) is 24.7 Å². The lowest BCUT2D eigenvalue weighted by atomic mass is 10.1. The molecule has 0 fully saturated rings. The Kier molecular flexibility index (Phi) is 3.58. The van der Waals surface area contributed by atoms with Crippen LogP contribution in [0.15, 0.2) is 42.6 Å². The molecule has 5 nitrogen and oxygen atoms in total. The molecule has 22 heavy (non-hydrogen) atoms. The monoisotopic (exact) mass is 300 g/mol. The maximum absolute atomic E-state index is 13.6. The molecule has 0 spiro atoms. The van der Waals surface area contributed by atoms with Gasteiger partial charge >= 0.3 is 5.97 Å². The molecular formula is C16H13FN2O3. The van der Waals surface area contributed by atoms with Crippen molar-refractivity contribution in [2.45, 2.75) is 12.5 Å². The molecule has 2 aromatic rings. The van der Waals surface area contributed by atoms with Gasteiger partial charge in [-0.3, -0.25) is 9.78 Å². The van der Waals surface area contributed by atoms with Crippen molar-refractivity contribution in [2.75, 3.05) is 6.54 Å². The molecule has 1 aliphatic rings. The van der Waals surface area contributed by atoms with E-state index in [0.29, 0.717) is 11.1 Å². The van der Waals surface area contributed by atoms with Crippen LogP contribution >= 0.6 is 0 Å². The number of amides is 1. The minimum Gasteiger partial charge on any atom is -0.479 e. The second-order valence-corrected chi connectivity index (χ2v) is 5.01. The van der Waals surface area contributed by atoms with Gasteiger partial charge in [0.1, 0.15) is 5.82 Å². The van der Waals surface area contributed by atoms with Crippen LogP contribution in [0, 0.1) is 5.82 Å². The summed E-state index contributed by atoms with van der Waals surface area (Å²) in [4.78, 5) is 29.1. The number of carbonyl (C=O) groups excluding carboxylic acids is 1. The number of aromatic nitrogens is 1. The van der Waals surface area contributed by atoms with E-state index >= 15 is 0 Å². The Morgan fingerprint density at radius 2 is 2.05 bits per heavy atom. The van der Waals surface area contributed by atoms with Crippen molar-refractivity contribution in [3.63, 3.8) is 0 Å². The number of halogens is 1. The SMILES string of the molecule is O=C(O)C1c2ccccc2C(=O)N1CCc1ncccc1F. The zero-order chi connectivity index (χ0) is 15.7. The Bertz CT molecular complexity index is 748. The first kappa shape index (κ1) is 14.2. The van der Waals surface area contributed by atoms with Gasteiger partial charge in [0.05, 0.1) is 5.69 Å². The molecule has 1 aromatic carbocycles. The highest BCUT2D eigenvalue weighted by atomic mass is 19.1. The van der Waals surface area contributed by atoms with E-state index in [0.717, 1.165) is 0 Å². The van der Waals surface area contributed by atoms with Crippen molar-refractivity contribution in [2.24, 2.45) is 0 Å². The number of nitrogens with zero attached hydrogens (tertiary/aromatic N) is 2. The zero-order valence-corrected chi connectivity index (χ0v) is 11.6. The Morgan fingerprint density at radius 1 is 1.27 bits per heavy atom. The predicted octanol–water partition coefficient (Wildman–Crippen LogP) is 2.04. The van der Waals surface area contributed by atoms with Crippen LogP contribution in [0.1, 0.15) is 27.7 Å². The highest BCUT2D eigenvalue weighted by Crippen LogP contribution is 2.33. The summed E-state index contributed by atoms with van der Waals surface area (Å²) in [7, 11) is 0. The molecule has 1 aliphatic heterocycles. The maximum Gasteiger partial charge on any atom is 0.331 e. The molecular weight excluding hydrogens is 287 g/mol. The Hall–Kier alpha value is -2.76. The standard InChI is InChI=1S/C16H13FN2O3/c17-12-6-3-8-18-13(12)7-9-19-14(16(21)22)10-4-1-2-5-11(10)15(19)20/h1-6,8,14H,7,9H2,(H,21,22). The van der Waals surface area contributed by atoms with E-state index < -0.39 is 17.8 Å². The van der Waals surface area contributed by atoms with Gasteiger partial charge in [-0.15, -0.1) is 0 Å². The Morgan fingerprint density at radius 3 is 2.77 bits per heavy atom. The lowest BCUT2D eigenvalue weighted by molar-refractivity contribution is -0.142. The number of hydrogen-bond acceptors (Lipinski definition) is 3. The third-order valence-electron chi connectivity index (χ3n) is 3.72. The third kappa shape index (κ3) is 2.32. The fourth-order valence-corrected chi connectivity index (χ4v) is 2.70. The summed E-state index contributed by atoms with van der Waals surface area (Å²) < 4.78 is 13.6. The smallest absolute Gasteiger partial charge is 0.331 e. The zero-order valence-electron chi connectivity index (χ0n) is 11.6. The molecule has 0 radical (unpaired) electrons. The summed E-state index contributed by atoms with van der Waals surface area (Å²) in [6.45, 7) is 0.0956. The lowest BCUT2D eigenvalue weighted by Crippen LogP contribution is -2.34. The van der Waals surface area contributed by atoms with Gasteiger partial charge in [-0.2, -0.15) is 0 Å². The van der Waals surface area contributed by atoms with E-state index in [9.17, 15) is 19.1 Å². The highest BCUT2D eigenvalue weighted by molar-refractivity contribution is 6.03. The lowest BCUT2D eigenvalue weighted by Gasteiger charge is -2.21. The minimum atomic E-state index is -1.10. The molecule has 6 heteroatoms. The number of aliphatic carboxylic acids is 1. The van der Waals surface area contributed by atoms with Crippen LogP contribution in [-0.4, -0.2) is 33.4 Å². The van der Waals surface area contributed by atoms with Gasteiger partial charge in [-0.1, -0.05) is 18.2 Å². The fraction of sp³-hybridized carbons (Fsp3) is 0.188. The molecule has 0 saturated heterocycles. The van der Waals surface area contributed by atoms with E-state index in [1.54, 1.807) is 24.3 Å². The second kappa shape index (κ2) is 5.55. The minimum absolute atomic E-state index is 0.0956. The predicted molar refractivity (Wildman–Crippen MR) is 75.8 cm³/mol. The van der Waals surface area contributed by atoms with Crippen molar-refractivity contribution in [3.8, 4) is 0 Å². The van der Waals surface area contributed by atoms with Crippen LogP contribution in [0.4, 0.5) is 4.39 Å². The van der Waals surface area contributed by atoms with Crippen LogP contribution < -0.4 is 0 Å². The van der Waals surface area contributed by atoms with E-state index in [2.05, 4.69) is 4.98 Å². The summed E-state index contributed by atoms with van der Waals surface area (Å²) in [5, 5.41) is 9.42. The second-order valence-electron chi connectivity index (χ2n) is 5.01. The van der Waals surface area contributed by atoms with Gasteiger partial charge in [0.2, 0.25) is 0 Å². The van der Waals surface area contributed by atoms with Crippen LogP contribution in [0.5, 0.6) is 0 Å². The molecule has 1 N–H and O–H groups in total. The van der Waals surface area contributed by atoms with Gasteiger partial charge in [-0.05, 0) is 23.8 Å². The molecule has 0 bridgehead atoms. The van der Waals surface area contributed by atoms with Gasteiger partial charge in [-0.25, -0.2) is 9.18 Å². The highest BCUT2D eigenvalue weighted by Gasteiger charge is 2.40. The first-order valence-electron chi connectivity index (χ1n) is 6.81. The maximum atomic E-state index is 13.6. The number of fused-ring (bicyclic) bond motifs is 1. The van der Waals surface area contributed by atoms with Crippen molar-refractivity contribution < 1.29 is 19.1 Å². The van der Waals surface area contributed by atoms with Crippen LogP contribution in [0.25, 0.3) is 0 Å². The first-order chi connectivity index (χ1) is 10.6. The van der Waals surface area contributed by atoms with E-state index in [4.69, 9.17) is 0 Å². The first-order valence-corrected chi connectivity index (χ1v) is 6.81. The molecule has 1 aromatic heterocycles. The van der Waals surface area contributed by atoms with E-state index in [-0.39, 0.29) is 24.6 Å². The Balaban J connectivity index is 1.86. The van der Waals surface area contributed by atoms with Gasteiger partial charge in [0.15, 0.2) is 6.04 Å². The summed E-state index contributed by atoms with van der Waals surface area (Å²) in [6, 6.07) is 8.37. The van der Waals surface area contributed by atoms with Gasteiger partial charge in [0.25, 0.3) is 5.91 Å². The van der Waals surface area contributed by atoms with Crippen molar-refractivity contribution in [1.29, 1.82) is 0 Å². The fourth-order valence-electron chi connectivity index (χ4n) is 2.70. The van der Waals surface area contributed by atoms with Gasteiger partial charge < -0.3 is 10.0 Å². The quantitative estimate of drug-likeness (QED) is 0.938. The van der Waals surface area contributed by atoms with Crippen LogP contribution in [0.2, 0.25) is 0 Å². The van der Waals surface area contributed by atoms with E-state index in [1.807, 2.05) is 0 Å². The average molecular weight is 300 g/mol. The molecule has 0 saturated carbocycles. The molecule has 1 atom stereocenters. The number of carboxylic acid groups (broad SMARTS) is 1.